The first-order valence-corrected chi connectivity index (χ1v) is 7.40. The standard InChI is InChI=1S/C16H21N3O3/c1-22-11-12-4-5-14(9-13(12)10-17)18-16(21)19-7-2-3-15(19)6-8-20/h4-5,9,15,20H,2-3,6-8,11H2,1H3,(H,18,21). The summed E-state index contributed by atoms with van der Waals surface area (Å²) in [6.07, 6.45) is 2.47. The van der Waals surface area contributed by atoms with Crippen molar-refractivity contribution in [3.8, 4) is 6.07 Å². The molecular formula is C16H21N3O3. The first kappa shape index (κ1) is 16.3. The average molecular weight is 303 g/mol. The second kappa shape index (κ2) is 7.78. The van der Waals surface area contributed by atoms with E-state index in [4.69, 9.17) is 9.84 Å². The van der Waals surface area contributed by atoms with Gasteiger partial charge in [0.05, 0.1) is 18.2 Å². The van der Waals surface area contributed by atoms with Crippen LogP contribution in [0, 0.1) is 11.3 Å². The second-order valence-corrected chi connectivity index (χ2v) is 5.35. The van der Waals surface area contributed by atoms with Gasteiger partial charge in [0.15, 0.2) is 0 Å². The van der Waals surface area contributed by atoms with Gasteiger partial charge in [0.25, 0.3) is 0 Å². The van der Waals surface area contributed by atoms with E-state index in [-0.39, 0.29) is 18.7 Å². The van der Waals surface area contributed by atoms with Crippen molar-refractivity contribution in [1.29, 1.82) is 5.26 Å². The van der Waals surface area contributed by atoms with Gasteiger partial charge in [-0.1, -0.05) is 6.07 Å². The zero-order valence-corrected chi connectivity index (χ0v) is 12.7. The third-order valence-electron chi connectivity index (χ3n) is 3.88. The van der Waals surface area contributed by atoms with Gasteiger partial charge in [-0.2, -0.15) is 5.26 Å². The number of nitrogens with zero attached hydrogens (tertiary/aromatic N) is 2. The van der Waals surface area contributed by atoms with Crippen LogP contribution in [0.15, 0.2) is 18.2 Å². The largest absolute Gasteiger partial charge is 0.396 e. The lowest BCUT2D eigenvalue weighted by Gasteiger charge is -2.24. The van der Waals surface area contributed by atoms with Gasteiger partial charge in [-0.25, -0.2) is 4.79 Å². The molecule has 1 aliphatic rings. The molecule has 22 heavy (non-hydrogen) atoms. The first-order chi connectivity index (χ1) is 10.7. The Hall–Kier alpha value is -2.10. The minimum absolute atomic E-state index is 0.0821. The summed E-state index contributed by atoms with van der Waals surface area (Å²) in [6.45, 7) is 1.14. The maximum absolute atomic E-state index is 12.3. The SMILES string of the molecule is COCc1ccc(NC(=O)N2CCCC2CCO)cc1C#N. The van der Waals surface area contributed by atoms with E-state index in [0.717, 1.165) is 18.4 Å². The predicted molar refractivity (Wildman–Crippen MR) is 82.3 cm³/mol. The van der Waals surface area contributed by atoms with Crippen molar-refractivity contribution in [2.45, 2.75) is 31.9 Å². The van der Waals surface area contributed by atoms with Crippen LogP contribution in [0.2, 0.25) is 0 Å². The van der Waals surface area contributed by atoms with Crippen molar-refractivity contribution >= 4 is 11.7 Å². The highest BCUT2D eigenvalue weighted by Gasteiger charge is 2.28. The number of rotatable bonds is 5. The molecule has 6 heteroatoms. The van der Waals surface area contributed by atoms with E-state index in [1.165, 1.54) is 0 Å². The molecule has 0 aliphatic carbocycles. The number of ether oxygens (including phenoxy) is 1. The van der Waals surface area contributed by atoms with Gasteiger partial charge in [-0.3, -0.25) is 0 Å². The van der Waals surface area contributed by atoms with Crippen LogP contribution in [0.25, 0.3) is 0 Å². The molecule has 2 N–H and O–H groups in total. The molecule has 2 amide bonds. The van der Waals surface area contributed by atoms with Crippen molar-refractivity contribution < 1.29 is 14.6 Å². The quantitative estimate of drug-likeness (QED) is 0.872. The number of hydrogen-bond donors (Lipinski definition) is 2. The molecular weight excluding hydrogens is 282 g/mol. The predicted octanol–water partition coefficient (Wildman–Crippen LogP) is 2.08. The van der Waals surface area contributed by atoms with Crippen LogP contribution >= 0.6 is 0 Å². The minimum Gasteiger partial charge on any atom is -0.396 e. The van der Waals surface area contributed by atoms with Crippen molar-refractivity contribution in [2.24, 2.45) is 0 Å². The third kappa shape index (κ3) is 3.75. The maximum atomic E-state index is 12.3. The second-order valence-electron chi connectivity index (χ2n) is 5.35. The van der Waals surface area contributed by atoms with Crippen LogP contribution in [-0.4, -0.2) is 42.3 Å². The monoisotopic (exact) mass is 303 g/mol. The number of nitrogens with one attached hydrogen (secondary N) is 1. The highest BCUT2D eigenvalue weighted by atomic mass is 16.5. The maximum Gasteiger partial charge on any atom is 0.322 e. The molecule has 1 unspecified atom stereocenters. The number of nitriles is 1. The summed E-state index contributed by atoms with van der Waals surface area (Å²) in [5, 5.41) is 21.1. The molecule has 1 aromatic carbocycles. The zero-order valence-electron chi connectivity index (χ0n) is 12.7. The van der Waals surface area contributed by atoms with Crippen LogP contribution < -0.4 is 5.32 Å². The fourth-order valence-electron chi connectivity index (χ4n) is 2.79. The fraction of sp³-hybridized carbons (Fsp3) is 0.500. The van der Waals surface area contributed by atoms with Crippen molar-refractivity contribution in [1.82, 2.24) is 4.90 Å². The number of likely N-dealkylation sites (tertiary alicyclic amines) is 1. The molecule has 0 bridgehead atoms. The van der Waals surface area contributed by atoms with Crippen molar-refractivity contribution in [3.63, 3.8) is 0 Å². The van der Waals surface area contributed by atoms with E-state index in [1.807, 2.05) is 0 Å². The Kier molecular flexibility index (Phi) is 5.75. The van der Waals surface area contributed by atoms with Gasteiger partial charge in [0, 0.05) is 32.0 Å². The molecule has 6 nitrogen and oxygen atoms in total. The number of benzene rings is 1. The topological polar surface area (TPSA) is 85.6 Å². The summed E-state index contributed by atoms with van der Waals surface area (Å²) in [6, 6.07) is 7.23. The van der Waals surface area contributed by atoms with Gasteiger partial charge in [0.2, 0.25) is 0 Å². The van der Waals surface area contributed by atoms with Gasteiger partial charge >= 0.3 is 6.03 Å². The Morgan fingerprint density at radius 1 is 1.59 bits per heavy atom. The molecule has 1 saturated heterocycles. The van der Waals surface area contributed by atoms with E-state index in [2.05, 4.69) is 11.4 Å². The fourth-order valence-corrected chi connectivity index (χ4v) is 2.79. The van der Waals surface area contributed by atoms with Gasteiger partial charge in [-0.05, 0) is 37.0 Å². The van der Waals surface area contributed by atoms with E-state index in [0.29, 0.717) is 30.8 Å². The molecule has 1 aromatic rings. The molecule has 118 valence electrons. The number of aliphatic hydroxyl groups is 1. The molecule has 1 heterocycles. The number of hydrogen-bond acceptors (Lipinski definition) is 4. The molecule has 0 saturated carbocycles. The molecule has 1 aliphatic heterocycles. The Morgan fingerprint density at radius 3 is 3.09 bits per heavy atom. The lowest BCUT2D eigenvalue weighted by atomic mass is 10.1. The van der Waals surface area contributed by atoms with Crippen molar-refractivity contribution in [3.05, 3.63) is 29.3 Å². The van der Waals surface area contributed by atoms with E-state index in [9.17, 15) is 10.1 Å². The number of methoxy groups -OCH3 is 1. The molecule has 1 fully saturated rings. The van der Waals surface area contributed by atoms with Crippen LogP contribution in [-0.2, 0) is 11.3 Å². The smallest absolute Gasteiger partial charge is 0.322 e. The van der Waals surface area contributed by atoms with Crippen molar-refractivity contribution in [2.75, 3.05) is 25.6 Å². The summed E-state index contributed by atoms with van der Waals surface area (Å²) in [7, 11) is 1.57. The number of amides is 2. The van der Waals surface area contributed by atoms with E-state index < -0.39 is 0 Å². The lowest BCUT2D eigenvalue weighted by molar-refractivity contribution is 0.184. The van der Waals surface area contributed by atoms with Crippen LogP contribution in [0.5, 0.6) is 0 Å². The normalized spacial score (nSPS) is 17.3. The molecule has 1 atom stereocenters. The summed E-state index contributed by atoms with van der Waals surface area (Å²) >= 11 is 0. The van der Waals surface area contributed by atoms with Crippen LogP contribution in [0.3, 0.4) is 0 Å². The zero-order chi connectivity index (χ0) is 15.9. The highest BCUT2D eigenvalue weighted by Crippen LogP contribution is 2.22. The molecule has 0 spiro atoms. The summed E-state index contributed by atoms with van der Waals surface area (Å²) < 4.78 is 5.04. The highest BCUT2D eigenvalue weighted by molar-refractivity contribution is 5.90. The summed E-state index contributed by atoms with van der Waals surface area (Å²) in [5.41, 5.74) is 1.88. The van der Waals surface area contributed by atoms with Crippen LogP contribution in [0.1, 0.15) is 30.4 Å². The van der Waals surface area contributed by atoms with Crippen LogP contribution in [0.4, 0.5) is 10.5 Å². The Balaban J connectivity index is 2.07. The number of carbonyl (C=O) groups excluding carboxylic acids is 1. The summed E-state index contributed by atoms with van der Waals surface area (Å²) in [4.78, 5) is 14.1. The van der Waals surface area contributed by atoms with Gasteiger partial charge in [-0.15, -0.1) is 0 Å². The Morgan fingerprint density at radius 2 is 2.41 bits per heavy atom. The minimum atomic E-state index is -0.181. The summed E-state index contributed by atoms with van der Waals surface area (Å²) in [5.74, 6) is 0. The number of aliphatic hydroxyl groups excluding tert-OH is 1. The molecule has 0 radical (unpaired) electrons. The Bertz CT molecular complexity index is 568. The first-order valence-electron chi connectivity index (χ1n) is 7.40. The molecule has 0 aromatic heterocycles. The average Bonchev–Trinajstić information content (AvgIpc) is 2.98. The Labute approximate surface area is 130 Å². The number of carbonyl (C=O) groups is 1. The van der Waals surface area contributed by atoms with E-state index in [1.54, 1.807) is 30.2 Å². The lowest BCUT2D eigenvalue weighted by Crippen LogP contribution is -2.39. The van der Waals surface area contributed by atoms with E-state index >= 15 is 0 Å². The number of anilines is 1. The van der Waals surface area contributed by atoms with Gasteiger partial charge in [0.1, 0.15) is 0 Å². The molecule has 2 rings (SSSR count). The third-order valence-corrected chi connectivity index (χ3v) is 3.88. The van der Waals surface area contributed by atoms with Gasteiger partial charge < -0.3 is 20.1 Å². The number of urea groups is 1.